The third-order valence-corrected chi connectivity index (χ3v) is 3.88. The van der Waals surface area contributed by atoms with Gasteiger partial charge in [-0.2, -0.15) is 5.10 Å². The van der Waals surface area contributed by atoms with Gasteiger partial charge in [-0.15, -0.1) is 0 Å². The number of aromatic nitrogens is 2. The van der Waals surface area contributed by atoms with Crippen LogP contribution in [0.3, 0.4) is 0 Å². The summed E-state index contributed by atoms with van der Waals surface area (Å²) >= 11 is 0. The van der Waals surface area contributed by atoms with Gasteiger partial charge < -0.3 is 14.8 Å². The predicted molar refractivity (Wildman–Crippen MR) is 98.9 cm³/mol. The van der Waals surface area contributed by atoms with Crippen LogP contribution < -0.4 is 15.6 Å². The van der Waals surface area contributed by atoms with Crippen LogP contribution in [0, 0.1) is 0 Å². The van der Waals surface area contributed by atoms with Gasteiger partial charge in [-0.25, -0.2) is 9.89 Å². The van der Waals surface area contributed by atoms with Gasteiger partial charge >= 0.3 is 5.97 Å². The first-order valence-corrected chi connectivity index (χ1v) is 8.13. The standard InChI is InChI=1S/C19H17N3O5/c1-11(17(23)20-12-6-5-7-13(10-12)26-2)27-19(25)16-14-8-3-4-9-15(14)18(24)22-21-16/h3-11H,1-2H3,(H,20,23)(H,22,24)/t11-/m1/s1. The lowest BCUT2D eigenvalue weighted by atomic mass is 10.1. The summed E-state index contributed by atoms with van der Waals surface area (Å²) in [5.41, 5.74) is 0.0343. The molecule has 0 radical (unpaired) electrons. The van der Waals surface area contributed by atoms with Crippen molar-refractivity contribution in [2.75, 3.05) is 12.4 Å². The molecule has 0 unspecified atom stereocenters. The maximum atomic E-state index is 12.4. The molecule has 0 aliphatic rings. The Balaban J connectivity index is 1.75. The van der Waals surface area contributed by atoms with Crippen molar-refractivity contribution in [1.82, 2.24) is 10.2 Å². The van der Waals surface area contributed by atoms with Crippen LogP contribution >= 0.6 is 0 Å². The number of methoxy groups -OCH3 is 1. The third kappa shape index (κ3) is 3.95. The van der Waals surface area contributed by atoms with Gasteiger partial charge in [-0.3, -0.25) is 9.59 Å². The molecule has 2 aromatic carbocycles. The maximum absolute atomic E-state index is 12.4. The number of nitrogens with one attached hydrogen (secondary N) is 2. The van der Waals surface area contributed by atoms with Crippen LogP contribution in [0.1, 0.15) is 17.4 Å². The number of amides is 1. The highest BCUT2D eigenvalue weighted by molar-refractivity contribution is 6.03. The van der Waals surface area contributed by atoms with Crippen molar-refractivity contribution in [3.8, 4) is 5.75 Å². The van der Waals surface area contributed by atoms with E-state index in [1.54, 1.807) is 48.5 Å². The summed E-state index contributed by atoms with van der Waals surface area (Å²) in [5.74, 6) is -0.734. The van der Waals surface area contributed by atoms with Crippen molar-refractivity contribution in [3.05, 3.63) is 64.6 Å². The second-order valence-electron chi connectivity index (χ2n) is 5.72. The molecular formula is C19H17N3O5. The minimum atomic E-state index is -1.07. The zero-order chi connectivity index (χ0) is 19.4. The van der Waals surface area contributed by atoms with E-state index >= 15 is 0 Å². The van der Waals surface area contributed by atoms with Gasteiger partial charge in [-0.05, 0) is 25.1 Å². The van der Waals surface area contributed by atoms with Crippen LogP contribution in [-0.4, -0.2) is 35.3 Å². The van der Waals surface area contributed by atoms with Gasteiger partial charge in [0.2, 0.25) is 0 Å². The average molecular weight is 367 g/mol. The summed E-state index contributed by atoms with van der Waals surface area (Å²) in [5, 5.41) is 9.33. The van der Waals surface area contributed by atoms with Crippen molar-refractivity contribution in [1.29, 1.82) is 0 Å². The molecule has 0 saturated heterocycles. The highest BCUT2D eigenvalue weighted by Gasteiger charge is 2.22. The van der Waals surface area contributed by atoms with E-state index < -0.39 is 23.5 Å². The fourth-order valence-electron chi connectivity index (χ4n) is 2.48. The number of H-pyrrole nitrogens is 1. The topological polar surface area (TPSA) is 110 Å². The lowest BCUT2D eigenvalue weighted by molar-refractivity contribution is -0.123. The fraction of sp³-hybridized carbons (Fsp3) is 0.158. The maximum Gasteiger partial charge on any atom is 0.360 e. The van der Waals surface area contributed by atoms with E-state index in [0.29, 0.717) is 22.2 Å². The fourth-order valence-corrected chi connectivity index (χ4v) is 2.48. The first-order valence-electron chi connectivity index (χ1n) is 8.13. The lowest BCUT2D eigenvalue weighted by Gasteiger charge is -2.14. The molecule has 0 aliphatic heterocycles. The van der Waals surface area contributed by atoms with Gasteiger partial charge in [0.05, 0.1) is 12.5 Å². The molecule has 3 aromatic rings. The zero-order valence-electron chi connectivity index (χ0n) is 14.7. The van der Waals surface area contributed by atoms with Crippen LogP contribution in [-0.2, 0) is 9.53 Å². The number of carbonyl (C=O) groups excluding carboxylic acids is 2. The number of hydrogen-bond donors (Lipinski definition) is 2. The van der Waals surface area contributed by atoms with Crippen molar-refractivity contribution >= 4 is 28.3 Å². The van der Waals surface area contributed by atoms with E-state index in [1.165, 1.54) is 14.0 Å². The molecule has 3 rings (SSSR count). The summed E-state index contributed by atoms with van der Waals surface area (Å²) in [4.78, 5) is 36.5. The van der Waals surface area contributed by atoms with Gasteiger partial charge in [-0.1, -0.05) is 24.3 Å². The molecule has 8 nitrogen and oxygen atoms in total. The number of benzene rings is 2. The predicted octanol–water partition coefficient (Wildman–Crippen LogP) is 2.12. The van der Waals surface area contributed by atoms with Crippen LogP contribution in [0.25, 0.3) is 10.8 Å². The molecule has 0 fully saturated rings. The molecule has 0 bridgehead atoms. The normalized spacial score (nSPS) is 11.6. The summed E-state index contributed by atoms with van der Waals surface area (Å²) < 4.78 is 10.3. The number of rotatable bonds is 5. The second-order valence-corrected chi connectivity index (χ2v) is 5.72. The summed E-state index contributed by atoms with van der Waals surface area (Å²) in [6.07, 6.45) is -1.07. The van der Waals surface area contributed by atoms with E-state index in [-0.39, 0.29) is 5.69 Å². The van der Waals surface area contributed by atoms with Crippen molar-refractivity contribution < 1.29 is 19.1 Å². The van der Waals surface area contributed by atoms with Crippen LogP contribution in [0.5, 0.6) is 5.75 Å². The SMILES string of the molecule is COc1cccc(NC(=O)[C@@H](C)OC(=O)c2n[nH]c(=O)c3ccccc23)c1. The zero-order valence-corrected chi connectivity index (χ0v) is 14.7. The molecule has 2 N–H and O–H groups in total. The molecule has 27 heavy (non-hydrogen) atoms. The Labute approximate surface area is 154 Å². The van der Waals surface area contributed by atoms with Gasteiger partial charge in [0.25, 0.3) is 11.5 Å². The van der Waals surface area contributed by atoms with E-state index in [9.17, 15) is 14.4 Å². The van der Waals surface area contributed by atoms with Crippen LogP contribution in [0.2, 0.25) is 0 Å². The summed E-state index contributed by atoms with van der Waals surface area (Å²) in [7, 11) is 1.52. The number of hydrogen-bond acceptors (Lipinski definition) is 6. The largest absolute Gasteiger partial charge is 0.497 e. The Hall–Kier alpha value is -3.68. The molecule has 0 spiro atoms. The number of esters is 1. The van der Waals surface area contributed by atoms with Gasteiger partial charge in [0, 0.05) is 17.1 Å². The number of carbonyl (C=O) groups is 2. The smallest absolute Gasteiger partial charge is 0.360 e. The van der Waals surface area contributed by atoms with E-state index in [4.69, 9.17) is 9.47 Å². The number of aromatic amines is 1. The second kappa shape index (κ2) is 7.69. The number of fused-ring (bicyclic) bond motifs is 1. The molecule has 1 aromatic heterocycles. The molecule has 138 valence electrons. The van der Waals surface area contributed by atoms with Crippen LogP contribution in [0.4, 0.5) is 5.69 Å². The van der Waals surface area contributed by atoms with E-state index in [1.807, 2.05) is 0 Å². The molecule has 0 aliphatic carbocycles. The Morgan fingerprint density at radius 3 is 2.59 bits per heavy atom. The van der Waals surface area contributed by atoms with E-state index in [0.717, 1.165) is 0 Å². The highest BCUT2D eigenvalue weighted by atomic mass is 16.5. The minimum Gasteiger partial charge on any atom is -0.497 e. The quantitative estimate of drug-likeness (QED) is 0.668. The molecule has 0 saturated carbocycles. The molecule has 1 heterocycles. The Kier molecular flexibility index (Phi) is 5.16. The molecule has 8 heteroatoms. The lowest BCUT2D eigenvalue weighted by Crippen LogP contribution is -2.30. The first kappa shape index (κ1) is 18.1. The van der Waals surface area contributed by atoms with Gasteiger partial charge in [0.15, 0.2) is 11.8 Å². The van der Waals surface area contributed by atoms with Crippen molar-refractivity contribution in [3.63, 3.8) is 0 Å². The monoisotopic (exact) mass is 367 g/mol. The van der Waals surface area contributed by atoms with Crippen molar-refractivity contribution in [2.24, 2.45) is 0 Å². The van der Waals surface area contributed by atoms with Crippen LogP contribution in [0.15, 0.2) is 53.3 Å². The van der Waals surface area contributed by atoms with Crippen molar-refractivity contribution in [2.45, 2.75) is 13.0 Å². The summed E-state index contributed by atoms with van der Waals surface area (Å²) in [6.45, 7) is 1.45. The first-order chi connectivity index (χ1) is 13.0. The highest BCUT2D eigenvalue weighted by Crippen LogP contribution is 2.18. The molecule has 1 amide bonds. The third-order valence-electron chi connectivity index (χ3n) is 3.88. The average Bonchev–Trinajstić information content (AvgIpc) is 2.68. The number of nitrogens with zero attached hydrogens (tertiary/aromatic N) is 1. The Morgan fingerprint density at radius 1 is 1.11 bits per heavy atom. The minimum absolute atomic E-state index is 0.0637. The number of anilines is 1. The summed E-state index contributed by atoms with van der Waals surface area (Å²) in [6, 6.07) is 13.3. The van der Waals surface area contributed by atoms with Gasteiger partial charge in [0.1, 0.15) is 5.75 Å². The van der Waals surface area contributed by atoms with E-state index in [2.05, 4.69) is 15.5 Å². The molecular weight excluding hydrogens is 350 g/mol. The Bertz CT molecular complexity index is 1060. The molecule has 1 atom stereocenters. The number of ether oxygens (including phenoxy) is 2. The Morgan fingerprint density at radius 2 is 1.85 bits per heavy atom.